The topological polar surface area (TPSA) is 25.2 Å². The number of nitrogens with zero attached hydrogens (tertiary/aromatic N) is 2. The standard InChI is InChI=1S/C15H15FN2OS/c1-2-18-14(19)10-20-15(18)11-7-8-17(9-11)13-6-4-3-5-12(13)16/h3-9,15H,2,10H2,1H3/t15-/m1/s1. The molecule has 2 heterocycles. The van der Waals surface area contributed by atoms with Crippen molar-refractivity contribution in [2.45, 2.75) is 12.3 Å². The molecule has 104 valence electrons. The number of amides is 1. The van der Waals surface area contributed by atoms with Crippen LogP contribution in [0.1, 0.15) is 17.9 Å². The Bertz CT molecular complexity index is 640. The van der Waals surface area contributed by atoms with Gasteiger partial charge in [-0.15, -0.1) is 11.8 Å². The Kier molecular flexibility index (Phi) is 3.53. The third-order valence-corrected chi connectivity index (χ3v) is 4.70. The van der Waals surface area contributed by atoms with E-state index in [0.717, 1.165) is 5.56 Å². The Morgan fingerprint density at radius 3 is 2.90 bits per heavy atom. The van der Waals surface area contributed by atoms with Crippen LogP contribution in [0.4, 0.5) is 4.39 Å². The lowest BCUT2D eigenvalue weighted by atomic mass is 10.3. The van der Waals surface area contributed by atoms with Crippen LogP contribution in [0, 0.1) is 5.82 Å². The molecule has 3 rings (SSSR count). The lowest BCUT2D eigenvalue weighted by molar-refractivity contribution is -0.127. The molecule has 0 radical (unpaired) electrons. The minimum atomic E-state index is -0.253. The van der Waals surface area contributed by atoms with E-state index in [1.165, 1.54) is 6.07 Å². The number of aromatic nitrogens is 1. The van der Waals surface area contributed by atoms with Crippen LogP contribution in [0.15, 0.2) is 42.7 Å². The summed E-state index contributed by atoms with van der Waals surface area (Å²) in [7, 11) is 0. The molecule has 0 bridgehead atoms. The zero-order valence-corrected chi connectivity index (χ0v) is 11.9. The van der Waals surface area contributed by atoms with Gasteiger partial charge in [0.25, 0.3) is 0 Å². The molecular weight excluding hydrogens is 275 g/mol. The van der Waals surface area contributed by atoms with Crippen molar-refractivity contribution >= 4 is 17.7 Å². The van der Waals surface area contributed by atoms with Gasteiger partial charge in [-0.3, -0.25) is 4.79 Å². The largest absolute Gasteiger partial charge is 0.326 e. The minimum absolute atomic E-state index is 0.0422. The molecule has 0 unspecified atom stereocenters. The summed E-state index contributed by atoms with van der Waals surface area (Å²) in [6, 6.07) is 8.62. The maximum absolute atomic E-state index is 13.8. The molecule has 5 heteroatoms. The molecule has 3 nitrogen and oxygen atoms in total. The second-order valence-corrected chi connectivity index (χ2v) is 5.72. The highest BCUT2D eigenvalue weighted by Gasteiger charge is 2.31. The first kappa shape index (κ1) is 13.2. The van der Waals surface area contributed by atoms with E-state index in [4.69, 9.17) is 0 Å². The molecule has 1 atom stereocenters. The van der Waals surface area contributed by atoms with Crippen molar-refractivity contribution in [3.8, 4) is 5.69 Å². The van der Waals surface area contributed by atoms with Crippen molar-refractivity contribution in [1.82, 2.24) is 9.47 Å². The summed E-state index contributed by atoms with van der Waals surface area (Å²) >= 11 is 1.62. The predicted octanol–water partition coefficient (Wildman–Crippen LogP) is 3.21. The van der Waals surface area contributed by atoms with Gasteiger partial charge in [0.15, 0.2) is 0 Å². The Hall–Kier alpha value is -1.75. The van der Waals surface area contributed by atoms with Crippen molar-refractivity contribution in [1.29, 1.82) is 0 Å². The highest BCUT2D eigenvalue weighted by molar-refractivity contribution is 8.00. The molecule has 1 amide bonds. The van der Waals surface area contributed by atoms with Gasteiger partial charge in [-0.1, -0.05) is 12.1 Å². The maximum Gasteiger partial charge on any atom is 0.233 e. The van der Waals surface area contributed by atoms with E-state index in [1.54, 1.807) is 28.5 Å². The van der Waals surface area contributed by atoms with Crippen LogP contribution in [-0.4, -0.2) is 27.7 Å². The van der Waals surface area contributed by atoms with Gasteiger partial charge < -0.3 is 9.47 Å². The highest BCUT2D eigenvalue weighted by atomic mass is 32.2. The summed E-state index contributed by atoms with van der Waals surface area (Å²) in [5.41, 5.74) is 1.56. The lowest BCUT2D eigenvalue weighted by Gasteiger charge is -2.21. The average Bonchev–Trinajstić information content (AvgIpc) is 3.05. The normalized spacial score (nSPS) is 18.8. The number of benzene rings is 1. The van der Waals surface area contributed by atoms with Gasteiger partial charge >= 0.3 is 0 Å². The number of thioether (sulfide) groups is 1. The molecule has 0 saturated carbocycles. The minimum Gasteiger partial charge on any atom is -0.326 e. The maximum atomic E-state index is 13.8. The Labute approximate surface area is 121 Å². The number of para-hydroxylation sites is 1. The number of carbonyl (C=O) groups excluding carboxylic acids is 1. The SMILES string of the molecule is CCN1C(=O)CS[C@@H]1c1ccn(-c2ccccc2F)c1. The molecule has 20 heavy (non-hydrogen) atoms. The monoisotopic (exact) mass is 290 g/mol. The smallest absolute Gasteiger partial charge is 0.233 e. The molecule has 0 N–H and O–H groups in total. The third kappa shape index (κ3) is 2.22. The first-order valence-electron chi connectivity index (χ1n) is 6.54. The molecule has 0 aliphatic carbocycles. The Morgan fingerprint density at radius 1 is 1.35 bits per heavy atom. The van der Waals surface area contributed by atoms with Gasteiger partial charge in [0, 0.05) is 24.5 Å². The molecule has 1 saturated heterocycles. The number of rotatable bonds is 3. The summed E-state index contributed by atoms with van der Waals surface area (Å²) in [5.74, 6) is 0.432. The van der Waals surface area contributed by atoms with E-state index in [1.807, 2.05) is 36.4 Å². The molecule has 1 fully saturated rings. The van der Waals surface area contributed by atoms with E-state index in [-0.39, 0.29) is 17.1 Å². The first-order chi connectivity index (χ1) is 9.70. The highest BCUT2D eigenvalue weighted by Crippen LogP contribution is 2.38. The quantitative estimate of drug-likeness (QED) is 0.867. The van der Waals surface area contributed by atoms with E-state index < -0.39 is 0 Å². The summed E-state index contributed by atoms with van der Waals surface area (Å²) in [6.07, 6.45) is 3.74. The fourth-order valence-electron chi connectivity index (χ4n) is 2.44. The second-order valence-electron chi connectivity index (χ2n) is 4.65. The van der Waals surface area contributed by atoms with Crippen molar-refractivity contribution in [3.05, 3.63) is 54.1 Å². The van der Waals surface area contributed by atoms with Gasteiger partial charge in [0.05, 0.1) is 11.4 Å². The van der Waals surface area contributed by atoms with Crippen LogP contribution >= 0.6 is 11.8 Å². The van der Waals surface area contributed by atoms with E-state index in [2.05, 4.69) is 0 Å². The van der Waals surface area contributed by atoms with Gasteiger partial charge in [0.1, 0.15) is 11.2 Å². The van der Waals surface area contributed by atoms with Crippen LogP contribution in [0.3, 0.4) is 0 Å². The van der Waals surface area contributed by atoms with Gasteiger partial charge in [-0.05, 0) is 25.1 Å². The van der Waals surface area contributed by atoms with Gasteiger partial charge in [-0.25, -0.2) is 4.39 Å². The zero-order chi connectivity index (χ0) is 14.1. The molecular formula is C15H15FN2OS. The van der Waals surface area contributed by atoms with Crippen molar-refractivity contribution in [2.75, 3.05) is 12.3 Å². The fraction of sp³-hybridized carbons (Fsp3) is 0.267. The van der Waals surface area contributed by atoms with Crippen LogP contribution in [0.2, 0.25) is 0 Å². The third-order valence-electron chi connectivity index (χ3n) is 3.44. The molecule has 1 aromatic carbocycles. The van der Waals surface area contributed by atoms with Crippen molar-refractivity contribution in [3.63, 3.8) is 0 Å². The number of hydrogen-bond donors (Lipinski definition) is 0. The Morgan fingerprint density at radius 2 is 2.15 bits per heavy atom. The van der Waals surface area contributed by atoms with E-state index in [9.17, 15) is 9.18 Å². The lowest BCUT2D eigenvalue weighted by Crippen LogP contribution is -2.27. The fourth-order valence-corrected chi connectivity index (χ4v) is 3.69. The summed E-state index contributed by atoms with van der Waals surface area (Å²) in [4.78, 5) is 13.6. The first-order valence-corrected chi connectivity index (χ1v) is 7.59. The Balaban J connectivity index is 1.91. The predicted molar refractivity (Wildman–Crippen MR) is 78.3 cm³/mol. The molecule has 0 spiro atoms. The number of hydrogen-bond acceptors (Lipinski definition) is 2. The number of carbonyl (C=O) groups is 1. The summed E-state index contributed by atoms with van der Waals surface area (Å²) in [6.45, 7) is 2.67. The summed E-state index contributed by atoms with van der Waals surface area (Å²) < 4.78 is 15.5. The molecule has 1 aromatic heterocycles. The second kappa shape index (κ2) is 5.32. The van der Waals surface area contributed by atoms with Crippen LogP contribution in [-0.2, 0) is 4.79 Å². The van der Waals surface area contributed by atoms with E-state index >= 15 is 0 Å². The average molecular weight is 290 g/mol. The summed E-state index contributed by atoms with van der Waals surface area (Å²) in [5, 5.41) is 0.0422. The molecule has 1 aliphatic rings. The van der Waals surface area contributed by atoms with Gasteiger partial charge in [-0.2, -0.15) is 0 Å². The molecule has 1 aliphatic heterocycles. The van der Waals surface area contributed by atoms with Crippen LogP contribution in [0.5, 0.6) is 0 Å². The zero-order valence-electron chi connectivity index (χ0n) is 11.1. The number of halogens is 1. The van der Waals surface area contributed by atoms with Crippen molar-refractivity contribution in [2.24, 2.45) is 0 Å². The van der Waals surface area contributed by atoms with E-state index in [0.29, 0.717) is 18.0 Å². The van der Waals surface area contributed by atoms with Crippen LogP contribution in [0.25, 0.3) is 5.69 Å². The van der Waals surface area contributed by atoms with Crippen molar-refractivity contribution < 1.29 is 9.18 Å². The van der Waals surface area contributed by atoms with Gasteiger partial charge in [0.2, 0.25) is 5.91 Å². The van der Waals surface area contributed by atoms with Crippen LogP contribution < -0.4 is 0 Å². The molecule has 2 aromatic rings.